The molecule has 0 saturated heterocycles. The van der Waals surface area contributed by atoms with Gasteiger partial charge in [0, 0.05) is 6.61 Å². The third-order valence-electron chi connectivity index (χ3n) is 3.06. The van der Waals surface area contributed by atoms with Gasteiger partial charge < -0.3 is 5.11 Å². The number of rotatable bonds is 3. The molecule has 76 valence electrons. The van der Waals surface area contributed by atoms with E-state index in [1.165, 1.54) is 36.0 Å². The largest absolute Gasteiger partial charge is 0.396 e. The van der Waals surface area contributed by atoms with Crippen LogP contribution >= 0.6 is 0 Å². The van der Waals surface area contributed by atoms with Crippen molar-refractivity contribution in [3.63, 3.8) is 0 Å². The second-order valence-electron chi connectivity index (χ2n) is 4.45. The van der Waals surface area contributed by atoms with Crippen LogP contribution in [0.4, 0.5) is 0 Å². The van der Waals surface area contributed by atoms with Gasteiger partial charge >= 0.3 is 0 Å². The summed E-state index contributed by atoms with van der Waals surface area (Å²) in [6.45, 7) is 2.38. The predicted octanol–water partition coefficient (Wildman–Crippen LogP) is 2.35. The summed E-state index contributed by atoms with van der Waals surface area (Å²) in [5.74, 6) is 0.384. The first-order valence-corrected chi connectivity index (χ1v) is 5.51. The Kier molecular flexibility index (Phi) is 2.87. The molecule has 1 aliphatic carbocycles. The van der Waals surface area contributed by atoms with E-state index in [4.69, 9.17) is 5.11 Å². The van der Waals surface area contributed by atoms with Gasteiger partial charge in [0.25, 0.3) is 0 Å². The van der Waals surface area contributed by atoms with Gasteiger partial charge in [0.2, 0.25) is 0 Å². The number of aryl methyl sites for hydroxylation is 2. The van der Waals surface area contributed by atoms with Crippen molar-refractivity contribution >= 4 is 0 Å². The molecular formula is C13H18O. The standard InChI is InChI=1S/C13H18O/c1-10(9-14)7-11-5-6-12-3-2-4-13(12)8-11/h5-6,8,10,14H,2-4,7,9H2,1H3. The summed E-state index contributed by atoms with van der Waals surface area (Å²) in [5, 5.41) is 8.99. The molecule has 0 amide bonds. The summed E-state index contributed by atoms with van der Waals surface area (Å²) in [7, 11) is 0. The molecule has 1 aromatic carbocycles. The van der Waals surface area contributed by atoms with E-state index in [9.17, 15) is 0 Å². The smallest absolute Gasteiger partial charge is 0.0459 e. The topological polar surface area (TPSA) is 20.2 Å². The van der Waals surface area contributed by atoms with E-state index in [0.717, 1.165) is 6.42 Å². The fourth-order valence-electron chi connectivity index (χ4n) is 2.22. The Morgan fingerprint density at radius 1 is 1.29 bits per heavy atom. The maximum Gasteiger partial charge on any atom is 0.0459 e. The van der Waals surface area contributed by atoms with Gasteiger partial charge in [0.15, 0.2) is 0 Å². The number of hydrogen-bond donors (Lipinski definition) is 1. The monoisotopic (exact) mass is 190 g/mol. The number of aliphatic hydroxyl groups excluding tert-OH is 1. The molecule has 1 aromatic rings. The summed E-state index contributed by atoms with van der Waals surface area (Å²) in [5.41, 5.74) is 4.45. The van der Waals surface area contributed by atoms with Gasteiger partial charge in [-0.2, -0.15) is 0 Å². The molecule has 14 heavy (non-hydrogen) atoms. The summed E-state index contributed by atoms with van der Waals surface area (Å²) >= 11 is 0. The van der Waals surface area contributed by atoms with E-state index < -0.39 is 0 Å². The van der Waals surface area contributed by atoms with Crippen LogP contribution in [0.2, 0.25) is 0 Å². The van der Waals surface area contributed by atoms with E-state index >= 15 is 0 Å². The highest BCUT2D eigenvalue weighted by molar-refractivity contribution is 5.35. The molecule has 0 heterocycles. The number of fused-ring (bicyclic) bond motifs is 1. The molecule has 0 aliphatic heterocycles. The second kappa shape index (κ2) is 4.14. The first-order valence-electron chi connectivity index (χ1n) is 5.51. The maximum absolute atomic E-state index is 8.99. The van der Waals surface area contributed by atoms with E-state index in [1.54, 1.807) is 0 Å². The summed E-state index contributed by atoms with van der Waals surface area (Å²) in [6, 6.07) is 6.81. The summed E-state index contributed by atoms with van der Waals surface area (Å²) in [6.07, 6.45) is 4.82. The van der Waals surface area contributed by atoms with Crippen LogP contribution in [0.25, 0.3) is 0 Å². The quantitative estimate of drug-likeness (QED) is 0.775. The zero-order chi connectivity index (χ0) is 9.97. The first kappa shape index (κ1) is 9.72. The lowest BCUT2D eigenvalue weighted by atomic mass is 9.98. The highest BCUT2D eigenvalue weighted by atomic mass is 16.3. The molecular weight excluding hydrogens is 172 g/mol. The molecule has 1 nitrogen and oxygen atoms in total. The number of hydrogen-bond acceptors (Lipinski definition) is 1. The van der Waals surface area contributed by atoms with Crippen molar-refractivity contribution in [1.82, 2.24) is 0 Å². The van der Waals surface area contributed by atoms with Crippen molar-refractivity contribution in [1.29, 1.82) is 0 Å². The molecule has 0 aromatic heterocycles. The minimum Gasteiger partial charge on any atom is -0.396 e. The zero-order valence-corrected chi connectivity index (χ0v) is 8.79. The van der Waals surface area contributed by atoms with Gasteiger partial charge in [-0.05, 0) is 48.3 Å². The Morgan fingerprint density at radius 3 is 2.86 bits per heavy atom. The Bertz CT molecular complexity index is 317. The van der Waals surface area contributed by atoms with Gasteiger partial charge in [0.05, 0.1) is 0 Å². The van der Waals surface area contributed by atoms with Crippen LogP contribution in [0, 0.1) is 5.92 Å². The highest BCUT2D eigenvalue weighted by Crippen LogP contribution is 2.23. The van der Waals surface area contributed by atoms with E-state index in [0.29, 0.717) is 5.92 Å². The number of aliphatic hydroxyl groups is 1. The van der Waals surface area contributed by atoms with Gasteiger partial charge in [-0.1, -0.05) is 25.1 Å². The molecule has 1 atom stereocenters. The lowest BCUT2D eigenvalue weighted by Gasteiger charge is -2.09. The van der Waals surface area contributed by atoms with Crippen molar-refractivity contribution < 1.29 is 5.11 Å². The van der Waals surface area contributed by atoms with E-state index in [1.807, 2.05) is 0 Å². The zero-order valence-electron chi connectivity index (χ0n) is 8.79. The van der Waals surface area contributed by atoms with Gasteiger partial charge in [0.1, 0.15) is 0 Å². The van der Waals surface area contributed by atoms with Crippen LogP contribution < -0.4 is 0 Å². The van der Waals surface area contributed by atoms with Crippen molar-refractivity contribution in [3.8, 4) is 0 Å². The number of benzene rings is 1. The third kappa shape index (κ3) is 1.98. The fourth-order valence-corrected chi connectivity index (χ4v) is 2.22. The average Bonchev–Trinajstić information content (AvgIpc) is 2.64. The first-order chi connectivity index (χ1) is 6.79. The van der Waals surface area contributed by atoms with Gasteiger partial charge in [-0.3, -0.25) is 0 Å². The van der Waals surface area contributed by atoms with Crippen molar-refractivity contribution in [3.05, 3.63) is 34.9 Å². The lowest BCUT2D eigenvalue weighted by molar-refractivity contribution is 0.237. The Morgan fingerprint density at radius 2 is 2.07 bits per heavy atom. The van der Waals surface area contributed by atoms with E-state index in [-0.39, 0.29) is 6.61 Å². The summed E-state index contributed by atoms with van der Waals surface area (Å²) in [4.78, 5) is 0. The SMILES string of the molecule is CC(CO)Cc1ccc2c(c1)CCC2. The van der Waals surface area contributed by atoms with Gasteiger partial charge in [-0.25, -0.2) is 0 Å². The molecule has 1 heteroatoms. The van der Waals surface area contributed by atoms with Crippen LogP contribution in [0.5, 0.6) is 0 Å². The minimum atomic E-state index is 0.289. The molecule has 2 rings (SSSR count). The van der Waals surface area contributed by atoms with Crippen LogP contribution in [0.15, 0.2) is 18.2 Å². The molecule has 0 spiro atoms. The Labute approximate surface area is 85.8 Å². The average molecular weight is 190 g/mol. The van der Waals surface area contributed by atoms with Crippen LogP contribution in [-0.4, -0.2) is 11.7 Å². The normalized spacial score (nSPS) is 16.7. The molecule has 1 N–H and O–H groups in total. The predicted molar refractivity (Wildman–Crippen MR) is 58.4 cm³/mol. The highest BCUT2D eigenvalue weighted by Gasteiger charge is 2.11. The molecule has 0 saturated carbocycles. The Hall–Kier alpha value is -0.820. The van der Waals surface area contributed by atoms with Crippen LogP contribution in [0.3, 0.4) is 0 Å². The molecule has 0 radical (unpaired) electrons. The van der Waals surface area contributed by atoms with Crippen molar-refractivity contribution in [2.24, 2.45) is 5.92 Å². The molecule has 1 aliphatic rings. The fraction of sp³-hybridized carbons (Fsp3) is 0.538. The Balaban J connectivity index is 2.12. The lowest BCUT2D eigenvalue weighted by Crippen LogP contribution is -2.04. The molecule has 0 fully saturated rings. The van der Waals surface area contributed by atoms with Crippen LogP contribution in [0.1, 0.15) is 30.0 Å². The van der Waals surface area contributed by atoms with E-state index in [2.05, 4.69) is 25.1 Å². The maximum atomic E-state index is 8.99. The minimum absolute atomic E-state index is 0.289. The van der Waals surface area contributed by atoms with Gasteiger partial charge in [-0.15, -0.1) is 0 Å². The van der Waals surface area contributed by atoms with Crippen molar-refractivity contribution in [2.45, 2.75) is 32.6 Å². The summed E-state index contributed by atoms with van der Waals surface area (Å²) < 4.78 is 0. The molecule has 1 unspecified atom stereocenters. The van der Waals surface area contributed by atoms with Crippen molar-refractivity contribution in [2.75, 3.05) is 6.61 Å². The molecule has 0 bridgehead atoms. The van der Waals surface area contributed by atoms with Crippen LogP contribution in [-0.2, 0) is 19.3 Å². The third-order valence-corrected chi connectivity index (χ3v) is 3.06. The second-order valence-corrected chi connectivity index (χ2v) is 4.45.